The Morgan fingerprint density at radius 3 is 1.63 bits per heavy atom. The van der Waals surface area contributed by atoms with E-state index in [4.69, 9.17) is 4.74 Å². The molecule has 4 nitrogen and oxygen atoms in total. The molecule has 152 valence electrons. The number of unbranched alkanes of at least 4 members (excludes halogenated alkanes) is 10. The van der Waals surface area contributed by atoms with Gasteiger partial charge in [0.1, 0.15) is 0 Å². The van der Waals surface area contributed by atoms with Gasteiger partial charge in [-0.3, -0.25) is 4.79 Å². The molecule has 0 fully saturated rings. The zero-order chi connectivity index (χ0) is 19.7. The Bertz CT molecular complexity index is 522. The van der Waals surface area contributed by atoms with Gasteiger partial charge in [0.2, 0.25) is 0 Å². The number of ether oxygens (including phenoxy) is 2. The number of hydrogen-bond acceptors (Lipinski definition) is 4. The fraction of sp³-hybridized carbons (Fsp3) is 0.652. The molecule has 0 spiro atoms. The lowest BCUT2D eigenvalue weighted by Gasteiger charge is -2.04. The van der Waals surface area contributed by atoms with Crippen LogP contribution in [0.2, 0.25) is 0 Å². The van der Waals surface area contributed by atoms with E-state index in [0.717, 1.165) is 19.3 Å². The van der Waals surface area contributed by atoms with Crippen LogP contribution in [0.3, 0.4) is 0 Å². The lowest BCUT2D eigenvalue weighted by molar-refractivity contribution is -0.140. The van der Waals surface area contributed by atoms with Crippen molar-refractivity contribution < 1.29 is 19.1 Å². The lowest BCUT2D eigenvalue weighted by atomic mass is 10.0. The van der Waals surface area contributed by atoms with Gasteiger partial charge in [-0.05, 0) is 37.0 Å². The van der Waals surface area contributed by atoms with Gasteiger partial charge in [0.25, 0.3) is 0 Å². The first-order valence-electron chi connectivity index (χ1n) is 10.4. The van der Waals surface area contributed by atoms with Crippen molar-refractivity contribution in [2.75, 3.05) is 14.2 Å². The molecule has 1 aromatic rings. The van der Waals surface area contributed by atoms with Crippen molar-refractivity contribution in [1.82, 2.24) is 0 Å². The van der Waals surface area contributed by atoms with Crippen LogP contribution in [0.4, 0.5) is 0 Å². The fourth-order valence-electron chi connectivity index (χ4n) is 3.22. The van der Waals surface area contributed by atoms with Gasteiger partial charge in [-0.15, -0.1) is 0 Å². The molecule has 0 aromatic heterocycles. The molecule has 4 heteroatoms. The number of hydrogen-bond donors (Lipinski definition) is 0. The van der Waals surface area contributed by atoms with Crippen LogP contribution in [0.5, 0.6) is 0 Å². The second-order valence-electron chi connectivity index (χ2n) is 7.15. The van der Waals surface area contributed by atoms with Crippen LogP contribution in [-0.4, -0.2) is 26.2 Å². The van der Waals surface area contributed by atoms with E-state index in [1.807, 2.05) is 24.3 Å². The lowest BCUT2D eigenvalue weighted by Crippen LogP contribution is -2.00. The highest BCUT2D eigenvalue weighted by Gasteiger charge is 2.04. The highest BCUT2D eigenvalue weighted by atomic mass is 16.5. The molecule has 27 heavy (non-hydrogen) atoms. The summed E-state index contributed by atoms with van der Waals surface area (Å²) in [5, 5.41) is 0. The first-order chi connectivity index (χ1) is 13.2. The van der Waals surface area contributed by atoms with Crippen LogP contribution in [0.15, 0.2) is 24.3 Å². The number of methoxy groups -OCH3 is 2. The smallest absolute Gasteiger partial charge is 0.337 e. The SMILES string of the molecule is COC(=O)CCCCCCCCCCCCCc1ccc(C(=O)OC)cc1. The molecule has 0 heterocycles. The van der Waals surface area contributed by atoms with Gasteiger partial charge in [-0.25, -0.2) is 4.79 Å². The Morgan fingerprint density at radius 2 is 1.15 bits per heavy atom. The normalized spacial score (nSPS) is 10.6. The average molecular weight is 377 g/mol. The summed E-state index contributed by atoms with van der Waals surface area (Å²) in [6.07, 6.45) is 15.3. The summed E-state index contributed by atoms with van der Waals surface area (Å²) in [4.78, 5) is 22.4. The van der Waals surface area contributed by atoms with Gasteiger partial charge in [0.15, 0.2) is 0 Å². The molecule has 0 saturated carbocycles. The van der Waals surface area contributed by atoms with Crippen molar-refractivity contribution >= 4 is 11.9 Å². The van der Waals surface area contributed by atoms with Crippen LogP contribution in [-0.2, 0) is 20.7 Å². The van der Waals surface area contributed by atoms with Gasteiger partial charge >= 0.3 is 11.9 Å². The zero-order valence-electron chi connectivity index (χ0n) is 17.1. The van der Waals surface area contributed by atoms with Crippen LogP contribution < -0.4 is 0 Å². The summed E-state index contributed by atoms with van der Waals surface area (Å²) >= 11 is 0. The number of carbonyl (C=O) groups is 2. The maximum absolute atomic E-state index is 11.4. The molecule has 0 amide bonds. The first-order valence-corrected chi connectivity index (χ1v) is 10.4. The predicted molar refractivity (Wildman–Crippen MR) is 109 cm³/mol. The third-order valence-corrected chi connectivity index (χ3v) is 4.95. The molecule has 0 radical (unpaired) electrons. The molecular formula is C23H36O4. The third kappa shape index (κ3) is 11.5. The highest BCUT2D eigenvalue weighted by molar-refractivity contribution is 5.89. The number of benzene rings is 1. The Morgan fingerprint density at radius 1 is 0.667 bits per heavy atom. The summed E-state index contributed by atoms with van der Waals surface area (Å²) in [6.45, 7) is 0. The molecule has 0 unspecified atom stereocenters. The molecule has 0 saturated heterocycles. The molecular weight excluding hydrogens is 340 g/mol. The molecule has 0 bridgehead atoms. The van der Waals surface area contributed by atoms with E-state index < -0.39 is 0 Å². The van der Waals surface area contributed by atoms with E-state index >= 15 is 0 Å². The maximum Gasteiger partial charge on any atom is 0.337 e. The minimum Gasteiger partial charge on any atom is -0.469 e. The molecule has 1 aromatic carbocycles. The standard InChI is InChI=1S/C23H36O4/c1-26-22(24)15-13-11-9-7-5-3-4-6-8-10-12-14-20-16-18-21(19-17-20)23(25)27-2/h16-19H,3-15H2,1-2H3. The molecule has 0 aliphatic carbocycles. The molecule has 0 N–H and O–H groups in total. The summed E-state index contributed by atoms with van der Waals surface area (Å²) < 4.78 is 9.35. The number of aryl methyl sites for hydroxylation is 1. The minimum atomic E-state index is -0.275. The van der Waals surface area contributed by atoms with Crippen molar-refractivity contribution in [2.45, 2.75) is 83.5 Å². The Kier molecular flexibility index (Phi) is 13.1. The number of carbonyl (C=O) groups excluding carboxylic acids is 2. The predicted octanol–water partition coefficient (Wildman–Crippen LogP) is 5.87. The molecule has 1 rings (SSSR count). The Balaban J connectivity index is 1.89. The van der Waals surface area contributed by atoms with E-state index in [0.29, 0.717) is 12.0 Å². The molecule has 0 aliphatic rings. The van der Waals surface area contributed by atoms with Crippen molar-refractivity contribution in [2.24, 2.45) is 0 Å². The maximum atomic E-state index is 11.4. The highest BCUT2D eigenvalue weighted by Crippen LogP contribution is 2.14. The molecule has 0 atom stereocenters. The van der Waals surface area contributed by atoms with Crippen molar-refractivity contribution in [3.63, 3.8) is 0 Å². The summed E-state index contributed by atoms with van der Waals surface area (Å²) in [5.74, 6) is -0.365. The van der Waals surface area contributed by atoms with E-state index in [1.54, 1.807) is 0 Å². The van der Waals surface area contributed by atoms with Crippen molar-refractivity contribution in [3.8, 4) is 0 Å². The first kappa shape index (κ1) is 23.2. The Hall–Kier alpha value is -1.84. The monoisotopic (exact) mass is 376 g/mol. The van der Waals surface area contributed by atoms with Crippen molar-refractivity contribution in [1.29, 1.82) is 0 Å². The second-order valence-corrected chi connectivity index (χ2v) is 7.15. The zero-order valence-corrected chi connectivity index (χ0v) is 17.1. The van der Waals surface area contributed by atoms with E-state index in [9.17, 15) is 9.59 Å². The van der Waals surface area contributed by atoms with Gasteiger partial charge < -0.3 is 9.47 Å². The quantitative estimate of drug-likeness (QED) is 0.284. The third-order valence-electron chi connectivity index (χ3n) is 4.95. The van der Waals surface area contributed by atoms with Crippen LogP contribution >= 0.6 is 0 Å². The van der Waals surface area contributed by atoms with Gasteiger partial charge in [-0.1, -0.05) is 69.9 Å². The van der Waals surface area contributed by atoms with Gasteiger partial charge in [0.05, 0.1) is 19.8 Å². The Labute approximate surface area is 164 Å². The summed E-state index contributed by atoms with van der Waals surface area (Å²) in [6, 6.07) is 7.74. The second kappa shape index (κ2) is 15.2. The van der Waals surface area contributed by atoms with Gasteiger partial charge in [-0.2, -0.15) is 0 Å². The molecule has 0 aliphatic heterocycles. The summed E-state index contributed by atoms with van der Waals surface area (Å²) in [5.41, 5.74) is 1.90. The van der Waals surface area contributed by atoms with Crippen LogP contribution in [0.1, 0.15) is 93.0 Å². The van der Waals surface area contributed by atoms with E-state index in [2.05, 4.69) is 4.74 Å². The van der Waals surface area contributed by atoms with Crippen LogP contribution in [0, 0.1) is 0 Å². The average Bonchev–Trinajstić information content (AvgIpc) is 2.71. The van der Waals surface area contributed by atoms with E-state index in [1.165, 1.54) is 77.6 Å². The summed E-state index contributed by atoms with van der Waals surface area (Å²) in [7, 11) is 2.86. The van der Waals surface area contributed by atoms with Crippen molar-refractivity contribution in [3.05, 3.63) is 35.4 Å². The van der Waals surface area contributed by atoms with E-state index in [-0.39, 0.29) is 11.9 Å². The number of rotatable bonds is 15. The topological polar surface area (TPSA) is 52.6 Å². The fourth-order valence-corrected chi connectivity index (χ4v) is 3.22. The largest absolute Gasteiger partial charge is 0.469 e. The minimum absolute atomic E-state index is 0.0896. The van der Waals surface area contributed by atoms with Crippen LogP contribution in [0.25, 0.3) is 0 Å². The van der Waals surface area contributed by atoms with Gasteiger partial charge in [0, 0.05) is 6.42 Å². The number of esters is 2.